The van der Waals surface area contributed by atoms with Crippen molar-refractivity contribution in [1.29, 1.82) is 0 Å². The van der Waals surface area contributed by atoms with Crippen LogP contribution in [0.2, 0.25) is 0 Å². The molecule has 0 atom stereocenters. The fourth-order valence-corrected chi connectivity index (χ4v) is 2.38. The Labute approximate surface area is 149 Å². The van der Waals surface area contributed by atoms with E-state index in [1.165, 1.54) is 18.2 Å². The van der Waals surface area contributed by atoms with E-state index in [1.54, 1.807) is 60.7 Å². The first-order valence-electron chi connectivity index (χ1n) is 7.92. The van der Waals surface area contributed by atoms with Gasteiger partial charge in [0.2, 0.25) is 0 Å². The molecule has 4 nitrogen and oxygen atoms in total. The molecule has 130 valence electrons. The van der Waals surface area contributed by atoms with Gasteiger partial charge in [-0.15, -0.1) is 0 Å². The Morgan fingerprint density at radius 1 is 0.692 bits per heavy atom. The Kier molecular flexibility index (Phi) is 5.39. The van der Waals surface area contributed by atoms with Crippen molar-refractivity contribution in [3.63, 3.8) is 0 Å². The minimum Gasteiger partial charge on any atom is -0.426 e. The lowest BCUT2D eigenvalue weighted by atomic mass is 9.99. The molecule has 0 saturated carbocycles. The summed E-state index contributed by atoms with van der Waals surface area (Å²) in [6.45, 7) is 0. The number of hydrogen-bond donors (Lipinski definition) is 0. The minimum absolute atomic E-state index is 0.159. The summed E-state index contributed by atoms with van der Waals surface area (Å²) in [4.78, 5) is 25.2. The average Bonchev–Trinajstić information content (AvgIpc) is 2.63. The molecule has 0 spiro atoms. The first kappa shape index (κ1) is 17.4. The van der Waals surface area contributed by atoms with Gasteiger partial charge in [0.05, 0.1) is 0 Å². The Hall–Kier alpha value is -3.47. The molecule has 0 radical (unpaired) electrons. The third kappa shape index (κ3) is 4.33. The summed E-state index contributed by atoms with van der Waals surface area (Å²) >= 11 is 0. The molecule has 0 aliphatic heterocycles. The van der Waals surface area contributed by atoms with Crippen LogP contribution in [-0.4, -0.2) is 11.9 Å². The molecule has 0 bridgehead atoms. The number of benzene rings is 3. The Balaban J connectivity index is 1.88. The molecule has 3 aromatic rings. The zero-order valence-corrected chi connectivity index (χ0v) is 13.7. The van der Waals surface area contributed by atoms with Crippen molar-refractivity contribution in [3.05, 3.63) is 96.3 Å². The van der Waals surface area contributed by atoms with Crippen LogP contribution in [0.4, 0.5) is 4.39 Å². The average molecular weight is 350 g/mol. The van der Waals surface area contributed by atoms with Crippen LogP contribution >= 0.6 is 0 Å². The second-order valence-electron chi connectivity index (χ2n) is 5.46. The van der Waals surface area contributed by atoms with Crippen LogP contribution in [0.25, 0.3) is 0 Å². The standard InChI is InChI=1S/C21H15FO4/c22-16-9-7-8-15(14-16)19(20(23)25-17-10-3-1-4-11-17)21(24)26-18-12-5-2-6-13-18/h1-14,19H. The van der Waals surface area contributed by atoms with Crippen LogP contribution in [-0.2, 0) is 9.59 Å². The van der Waals surface area contributed by atoms with Gasteiger partial charge in [0.15, 0.2) is 5.92 Å². The number of esters is 2. The summed E-state index contributed by atoms with van der Waals surface area (Å²) < 4.78 is 24.1. The van der Waals surface area contributed by atoms with Gasteiger partial charge in [-0.1, -0.05) is 48.5 Å². The summed E-state index contributed by atoms with van der Waals surface area (Å²) in [6.07, 6.45) is 0. The maximum atomic E-state index is 13.6. The number of carbonyl (C=O) groups excluding carboxylic acids is 2. The topological polar surface area (TPSA) is 52.6 Å². The van der Waals surface area contributed by atoms with Crippen LogP contribution in [0.1, 0.15) is 11.5 Å². The SMILES string of the molecule is O=C(Oc1ccccc1)C(C(=O)Oc1ccccc1)c1cccc(F)c1. The lowest BCUT2D eigenvalue weighted by molar-refractivity contribution is -0.147. The summed E-state index contributed by atoms with van der Waals surface area (Å²) in [5.41, 5.74) is 0.159. The monoisotopic (exact) mass is 350 g/mol. The minimum atomic E-state index is -1.41. The summed E-state index contributed by atoms with van der Waals surface area (Å²) in [5.74, 6) is -3.10. The number of hydrogen-bond acceptors (Lipinski definition) is 4. The first-order chi connectivity index (χ1) is 12.6. The van der Waals surface area contributed by atoms with E-state index in [-0.39, 0.29) is 17.1 Å². The summed E-state index contributed by atoms with van der Waals surface area (Å²) in [7, 11) is 0. The molecule has 0 heterocycles. The van der Waals surface area contributed by atoms with Crippen molar-refractivity contribution in [3.8, 4) is 11.5 Å². The predicted molar refractivity (Wildman–Crippen MR) is 93.3 cm³/mol. The summed E-state index contributed by atoms with van der Waals surface area (Å²) in [6, 6.07) is 21.9. The number of rotatable bonds is 5. The number of ether oxygens (including phenoxy) is 2. The molecular weight excluding hydrogens is 335 g/mol. The van der Waals surface area contributed by atoms with Gasteiger partial charge in [-0.3, -0.25) is 9.59 Å². The molecule has 0 aromatic heterocycles. The van der Waals surface area contributed by atoms with Crippen molar-refractivity contribution in [2.45, 2.75) is 5.92 Å². The van der Waals surface area contributed by atoms with E-state index in [2.05, 4.69) is 0 Å². The van der Waals surface area contributed by atoms with Crippen molar-refractivity contribution in [2.24, 2.45) is 0 Å². The zero-order chi connectivity index (χ0) is 18.4. The van der Waals surface area contributed by atoms with Gasteiger partial charge in [-0.05, 0) is 42.0 Å². The van der Waals surface area contributed by atoms with E-state index < -0.39 is 23.7 Å². The van der Waals surface area contributed by atoms with E-state index in [4.69, 9.17) is 9.47 Å². The van der Waals surface area contributed by atoms with Gasteiger partial charge in [0.1, 0.15) is 17.3 Å². The fraction of sp³-hybridized carbons (Fsp3) is 0.0476. The van der Waals surface area contributed by atoms with Gasteiger partial charge < -0.3 is 9.47 Å². The third-order valence-electron chi connectivity index (χ3n) is 3.58. The van der Waals surface area contributed by atoms with Gasteiger partial charge in [0, 0.05) is 0 Å². The van der Waals surface area contributed by atoms with Gasteiger partial charge in [-0.2, -0.15) is 0 Å². The third-order valence-corrected chi connectivity index (χ3v) is 3.58. The lowest BCUT2D eigenvalue weighted by Gasteiger charge is -2.15. The predicted octanol–water partition coefficient (Wildman–Crippen LogP) is 4.12. The van der Waals surface area contributed by atoms with Crippen LogP contribution in [0.5, 0.6) is 11.5 Å². The molecule has 0 amide bonds. The van der Waals surface area contributed by atoms with E-state index in [9.17, 15) is 14.0 Å². The van der Waals surface area contributed by atoms with Crippen LogP contribution in [0.15, 0.2) is 84.9 Å². The van der Waals surface area contributed by atoms with E-state index in [0.29, 0.717) is 0 Å². The number of halogens is 1. The second-order valence-corrected chi connectivity index (χ2v) is 5.46. The fourth-order valence-electron chi connectivity index (χ4n) is 2.38. The lowest BCUT2D eigenvalue weighted by Crippen LogP contribution is -2.29. The Bertz CT molecular complexity index is 841. The van der Waals surface area contributed by atoms with Crippen molar-refractivity contribution in [2.75, 3.05) is 0 Å². The van der Waals surface area contributed by atoms with Crippen LogP contribution in [0.3, 0.4) is 0 Å². The maximum absolute atomic E-state index is 13.6. The van der Waals surface area contributed by atoms with Gasteiger partial charge in [-0.25, -0.2) is 4.39 Å². The van der Waals surface area contributed by atoms with Crippen molar-refractivity contribution in [1.82, 2.24) is 0 Å². The number of carbonyl (C=O) groups is 2. The number of para-hydroxylation sites is 2. The first-order valence-corrected chi connectivity index (χ1v) is 7.92. The molecule has 0 aliphatic carbocycles. The smallest absolute Gasteiger partial charge is 0.330 e. The molecule has 0 aliphatic rings. The van der Waals surface area contributed by atoms with Crippen LogP contribution in [0, 0.1) is 5.82 Å². The molecule has 26 heavy (non-hydrogen) atoms. The summed E-state index contributed by atoms with van der Waals surface area (Å²) in [5, 5.41) is 0. The van der Waals surface area contributed by atoms with Gasteiger partial charge in [0.25, 0.3) is 0 Å². The van der Waals surface area contributed by atoms with E-state index >= 15 is 0 Å². The second kappa shape index (κ2) is 8.07. The Morgan fingerprint density at radius 2 is 1.19 bits per heavy atom. The highest BCUT2D eigenvalue weighted by molar-refractivity contribution is 6.02. The molecular formula is C21H15FO4. The quantitative estimate of drug-likeness (QED) is 0.395. The Morgan fingerprint density at radius 3 is 1.65 bits per heavy atom. The van der Waals surface area contributed by atoms with Gasteiger partial charge >= 0.3 is 11.9 Å². The highest BCUT2D eigenvalue weighted by atomic mass is 19.1. The van der Waals surface area contributed by atoms with Crippen molar-refractivity contribution < 1.29 is 23.5 Å². The highest BCUT2D eigenvalue weighted by Crippen LogP contribution is 2.23. The molecule has 0 fully saturated rings. The maximum Gasteiger partial charge on any atom is 0.330 e. The van der Waals surface area contributed by atoms with Crippen molar-refractivity contribution >= 4 is 11.9 Å². The largest absolute Gasteiger partial charge is 0.426 e. The molecule has 0 N–H and O–H groups in total. The molecule has 5 heteroatoms. The van der Waals surface area contributed by atoms with E-state index in [0.717, 1.165) is 6.07 Å². The van der Waals surface area contributed by atoms with E-state index in [1.807, 2.05) is 0 Å². The molecule has 0 unspecified atom stereocenters. The molecule has 3 aromatic carbocycles. The van der Waals surface area contributed by atoms with Crippen LogP contribution < -0.4 is 9.47 Å². The zero-order valence-electron chi connectivity index (χ0n) is 13.7. The molecule has 0 saturated heterocycles. The molecule has 3 rings (SSSR count). The highest BCUT2D eigenvalue weighted by Gasteiger charge is 2.33. The normalized spacial score (nSPS) is 10.4.